The minimum Gasteiger partial charge on any atom is -0.444 e. The zero-order valence-corrected chi connectivity index (χ0v) is 25.3. The molecule has 0 aliphatic carbocycles. The van der Waals surface area contributed by atoms with Crippen molar-refractivity contribution in [2.75, 3.05) is 19.7 Å². The largest absolute Gasteiger partial charge is 0.444 e. The average molecular weight is 607 g/mol. The van der Waals surface area contributed by atoms with Crippen LogP contribution in [-0.4, -0.2) is 64.7 Å². The summed E-state index contributed by atoms with van der Waals surface area (Å²) in [7, 11) is 0. The second kappa shape index (κ2) is 17.4. The first-order valence-corrected chi connectivity index (χ1v) is 16.0. The van der Waals surface area contributed by atoms with Crippen molar-refractivity contribution in [2.24, 2.45) is 5.92 Å². The van der Waals surface area contributed by atoms with Crippen LogP contribution in [0.15, 0.2) is 72.4 Å². The number of benzene rings is 2. The molecule has 1 aliphatic rings. The highest BCUT2D eigenvalue weighted by Crippen LogP contribution is 2.22. The number of nitrogens with one attached hydrogen (secondary N) is 2. The van der Waals surface area contributed by atoms with Gasteiger partial charge in [0.1, 0.15) is 12.6 Å². The number of aliphatic hydroxyl groups excluding tert-OH is 1. The van der Waals surface area contributed by atoms with E-state index in [9.17, 15) is 19.5 Å². The lowest BCUT2D eigenvalue weighted by Crippen LogP contribution is -2.51. The van der Waals surface area contributed by atoms with E-state index in [4.69, 9.17) is 4.74 Å². The maximum Gasteiger partial charge on any atom is 0.407 e. The molecule has 3 aromatic rings. The van der Waals surface area contributed by atoms with Gasteiger partial charge in [0.15, 0.2) is 5.78 Å². The fourth-order valence-electron chi connectivity index (χ4n) is 5.43. The molecule has 0 spiro atoms. The molecule has 1 fully saturated rings. The van der Waals surface area contributed by atoms with E-state index in [1.165, 1.54) is 11.3 Å². The number of likely N-dealkylation sites (tertiary alicyclic amines) is 1. The molecule has 0 unspecified atom stereocenters. The summed E-state index contributed by atoms with van der Waals surface area (Å²) in [6, 6.07) is 18.5. The summed E-state index contributed by atoms with van der Waals surface area (Å²) in [5, 5.41) is 15.8. The third-order valence-corrected chi connectivity index (χ3v) is 8.52. The summed E-state index contributed by atoms with van der Waals surface area (Å²) < 4.78 is 5.45. The summed E-state index contributed by atoms with van der Waals surface area (Å²) in [5.41, 5.74) is 3.89. The van der Waals surface area contributed by atoms with Crippen molar-refractivity contribution < 1.29 is 24.2 Å². The van der Waals surface area contributed by atoms with Crippen molar-refractivity contribution in [1.29, 1.82) is 0 Å². The van der Waals surface area contributed by atoms with E-state index < -0.39 is 18.7 Å². The Bertz CT molecular complexity index is 1250. The maximum atomic E-state index is 13.4. The number of Topliss-reactive ketones (excluding diaryl/α,β-unsaturated/α-hetero) is 1. The number of nitrogens with zero attached hydrogens (tertiary/aromatic N) is 2. The molecule has 10 heteroatoms. The van der Waals surface area contributed by atoms with Crippen LogP contribution in [0.1, 0.15) is 54.5 Å². The number of aliphatic hydroxyl groups is 1. The van der Waals surface area contributed by atoms with E-state index in [1.807, 2.05) is 60.7 Å². The van der Waals surface area contributed by atoms with Crippen LogP contribution >= 0.6 is 11.3 Å². The number of hydrogen-bond acceptors (Lipinski definition) is 7. The fraction of sp³-hybridized carbons (Fsp3) is 0.455. The number of ether oxygens (including phenoxy) is 1. The van der Waals surface area contributed by atoms with Gasteiger partial charge >= 0.3 is 12.1 Å². The number of rotatable bonds is 15. The molecule has 4 rings (SSSR count). The van der Waals surface area contributed by atoms with E-state index in [1.54, 1.807) is 16.6 Å². The number of aromatic nitrogens is 1. The van der Waals surface area contributed by atoms with Gasteiger partial charge in [0.05, 0.1) is 17.0 Å². The predicted octanol–water partition coefficient (Wildman–Crippen LogP) is 5.14. The van der Waals surface area contributed by atoms with Crippen LogP contribution in [0.5, 0.6) is 0 Å². The lowest BCUT2D eigenvalue weighted by molar-refractivity contribution is -0.122. The summed E-state index contributed by atoms with van der Waals surface area (Å²) in [6.07, 6.45) is 6.94. The number of amides is 3. The van der Waals surface area contributed by atoms with Gasteiger partial charge < -0.3 is 25.4 Å². The minimum absolute atomic E-state index is 0.0517. The van der Waals surface area contributed by atoms with Crippen molar-refractivity contribution >= 4 is 29.2 Å². The highest BCUT2D eigenvalue weighted by atomic mass is 32.1. The van der Waals surface area contributed by atoms with Crippen LogP contribution in [0, 0.1) is 5.92 Å². The lowest BCUT2D eigenvalue weighted by Gasteiger charge is -2.29. The summed E-state index contributed by atoms with van der Waals surface area (Å²) in [4.78, 5) is 45.5. The van der Waals surface area contributed by atoms with Gasteiger partial charge in [-0.3, -0.25) is 9.78 Å². The Morgan fingerprint density at radius 1 is 0.907 bits per heavy atom. The molecule has 1 saturated heterocycles. The Hall–Kier alpha value is -3.76. The van der Waals surface area contributed by atoms with Crippen LogP contribution in [0.4, 0.5) is 9.59 Å². The number of ketones is 1. The Morgan fingerprint density at radius 2 is 1.58 bits per heavy atom. The zero-order valence-electron chi connectivity index (χ0n) is 24.5. The van der Waals surface area contributed by atoms with Gasteiger partial charge in [0.25, 0.3) is 0 Å². The van der Waals surface area contributed by atoms with Gasteiger partial charge in [-0.2, -0.15) is 0 Å². The van der Waals surface area contributed by atoms with Gasteiger partial charge in [0, 0.05) is 31.7 Å². The quantitative estimate of drug-likeness (QED) is 0.221. The van der Waals surface area contributed by atoms with Crippen molar-refractivity contribution in [1.82, 2.24) is 20.5 Å². The second-order valence-electron chi connectivity index (χ2n) is 11.1. The topological polar surface area (TPSA) is 121 Å². The molecule has 3 atom stereocenters. The van der Waals surface area contributed by atoms with Crippen molar-refractivity contribution in [3.05, 3.63) is 88.4 Å². The van der Waals surface area contributed by atoms with Gasteiger partial charge in [-0.25, -0.2) is 9.59 Å². The van der Waals surface area contributed by atoms with Crippen LogP contribution in [0.2, 0.25) is 0 Å². The molecule has 0 saturated carbocycles. The van der Waals surface area contributed by atoms with E-state index in [0.717, 1.165) is 35.3 Å². The second-order valence-corrected chi connectivity index (χ2v) is 12.1. The van der Waals surface area contributed by atoms with Crippen molar-refractivity contribution in [2.45, 2.75) is 70.1 Å². The number of piperidine rings is 1. The van der Waals surface area contributed by atoms with Crippen LogP contribution in [0.3, 0.4) is 0 Å². The highest BCUT2D eigenvalue weighted by Gasteiger charge is 2.27. The molecule has 1 aliphatic heterocycles. The summed E-state index contributed by atoms with van der Waals surface area (Å²) in [5.74, 6) is -0.241. The van der Waals surface area contributed by atoms with E-state index in [2.05, 4.69) is 15.6 Å². The van der Waals surface area contributed by atoms with Crippen LogP contribution in [0.25, 0.3) is 0 Å². The van der Waals surface area contributed by atoms with Crippen LogP contribution in [-0.2, 0) is 29.0 Å². The van der Waals surface area contributed by atoms with E-state index >= 15 is 0 Å². The minimum atomic E-state index is -0.951. The molecule has 0 bridgehead atoms. The fourth-order valence-corrected chi connectivity index (χ4v) is 5.94. The third kappa shape index (κ3) is 11.1. The Kier molecular flexibility index (Phi) is 13.0. The zero-order chi connectivity index (χ0) is 30.3. The van der Waals surface area contributed by atoms with Gasteiger partial charge in [-0.1, -0.05) is 60.7 Å². The number of hydrogen-bond donors (Lipinski definition) is 3. The summed E-state index contributed by atoms with van der Waals surface area (Å²) >= 11 is 1.43. The molecule has 3 amide bonds. The molecule has 1 aromatic heterocycles. The molecule has 2 heterocycles. The lowest BCUT2D eigenvalue weighted by atomic mass is 9.86. The predicted molar refractivity (Wildman–Crippen MR) is 167 cm³/mol. The SMILES string of the molecule is O=C(N[C@@H](CC[C@H](CC(=O)[C@H](CO)NC(=O)N1CCCCC1)Cc1ccccc1)Cc1ccccc1)OCc1cncs1. The molecule has 3 N–H and O–H groups in total. The molecule has 43 heavy (non-hydrogen) atoms. The van der Waals surface area contributed by atoms with Gasteiger partial charge in [-0.15, -0.1) is 11.3 Å². The van der Waals surface area contributed by atoms with E-state index in [-0.39, 0.29) is 36.8 Å². The Labute approximate surface area is 257 Å². The highest BCUT2D eigenvalue weighted by molar-refractivity contribution is 7.09. The number of urea groups is 1. The van der Waals surface area contributed by atoms with Crippen molar-refractivity contribution in [3.63, 3.8) is 0 Å². The normalized spacial score (nSPS) is 15.2. The Morgan fingerprint density at radius 3 is 2.21 bits per heavy atom. The smallest absolute Gasteiger partial charge is 0.407 e. The summed E-state index contributed by atoms with van der Waals surface area (Å²) in [6.45, 7) is 1.04. The van der Waals surface area contributed by atoms with E-state index in [0.29, 0.717) is 38.8 Å². The van der Waals surface area contributed by atoms with Gasteiger partial charge in [-0.05, 0) is 62.0 Å². The number of carbonyl (C=O) groups excluding carboxylic acids is 3. The molecule has 2 aromatic carbocycles. The number of carbonyl (C=O) groups is 3. The third-order valence-electron chi connectivity index (χ3n) is 7.77. The van der Waals surface area contributed by atoms with Gasteiger partial charge in [0.2, 0.25) is 0 Å². The molecule has 9 nitrogen and oxygen atoms in total. The standard InChI is InChI=1S/C33H42N4O5S/c38-22-30(36-32(40)37-16-8-3-9-17-37)31(39)20-27(18-25-10-4-1-5-11-25)14-15-28(19-26-12-6-2-7-13-26)35-33(41)42-23-29-21-34-24-43-29/h1-2,4-7,10-13,21,24,27-28,30,38H,3,8-9,14-20,22-23H2,(H,35,41)(H,36,40)/t27-,28-,30-/m0/s1. The maximum absolute atomic E-state index is 13.4. The average Bonchev–Trinajstić information content (AvgIpc) is 3.56. The molecular weight excluding hydrogens is 564 g/mol. The molecule has 230 valence electrons. The molecule has 0 radical (unpaired) electrons. The number of alkyl carbamates (subject to hydrolysis) is 1. The first-order valence-electron chi connectivity index (χ1n) is 15.1. The first kappa shape index (κ1) is 32.2. The van der Waals surface area contributed by atoms with Crippen molar-refractivity contribution in [3.8, 4) is 0 Å². The first-order chi connectivity index (χ1) is 21.0. The number of thiazole rings is 1. The van der Waals surface area contributed by atoms with Crippen LogP contribution < -0.4 is 10.6 Å². The Balaban J connectivity index is 1.41. The molecular formula is C33H42N4O5S. The monoisotopic (exact) mass is 606 g/mol.